The first-order chi connectivity index (χ1) is 7.55. The Kier molecular flexibility index (Phi) is 3.09. The van der Waals surface area contributed by atoms with Gasteiger partial charge in [0, 0.05) is 5.56 Å². The number of carboxylic acids is 1. The van der Waals surface area contributed by atoms with E-state index in [1.807, 2.05) is 0 Å². The van der Waals surface area contributed by atoms with Crippen LogP contribution in [0.25, 0.3) is 0 Å². The number of carboxylic acid groups (broad SMARTS) is 1. The summed E-state index contributed by atoms with van der Waals surface area (Å²) in [6.45, 7) is 0. The third kappa shape index (κ3) is 2.69. The predicted molar refractivity (Wildman–Crippen MR) is 40.8 cm³/mol. The van der Waals surface area contributed by atoms with E-state index in [4.69, 9.17) is 0 Å². The van der Waals surface area contributed by atoms with Gasteiger partial charge in [-0.3, -0.25) is 0 Å². The van der Waals surface area contributed by atoms with Gasteiger partial charge in [0.1, 0.15) is 0 Å². The molecular formula is C9H3F6O2-. The van der Waals surface area contributed by atoms with Gasteiger partial charge in [-0.1, -0.05) is 6.07 Å². The fraction of sp³-hybridized carbons (Fsp3) is 0.222. The molecule has 0 saturated carbocycles. The zero-order chi connectivity index (χ0) is 13.4. The number of rotatable bonds is 1. The normalized spacial score (nSPS) is 12.6. The maximum absolute atomic E-state index is 12.3. The summed E-state index contributed by atoms with van der Waals surface area (Å²) in [7, 11) is 0. The van der Waals surface area contributed by atoms with Gasteiger partial charge in [-0.2, -0.15) is 26.3 Å². The number of hydrogen-bond donors (Lipinski definition) is 0. The Morgan fingerprint density at radius 1 is 0.941 bits per heavy atom. The van der Waals surface area contributed by atoms with Crippen LogP contribution in [0.3, 0.4) is 0 Å². The quantitative estimate of drug-likeness (QED) is 0.722. The van der Waals surface area contributed by atoms with E-state index in [1.165, 1.54) is 0 Å². The number of halogens is 6. The summed E-state index contributed by atoms with van der Waals surface area (Å²) in [6, 6.07) is 0.985. The lowest BCUT2D eigenvalue weighted by molar-refractivity contribution is -0.256. The minimum absolute atomic E-state index is 0.250. The van der Waals surface area contributed by atoms with E-state index >= 15 is 0 Å². The zero-order valence-corrected chi connectivity index (χ0v) is 7.82. The molecule has 0 saturated heterocycles. The highest BCUT2D eigenvalue weighted by Crippen LogP contribution is 2.38. The van der Waals surface area contributed by atoms with Crippen molar-refractivity contribution >= 4 is 5.97 Å². The average molecular weight is 257 g/mol. The maximum atomic E-state index is 12.3. The van der Waals surface area contributed by atoms with Crippen molar-refractivity contribution in [3.63, 3.8) is 0 Å². The molecule has 1 rings (SSSR count). The van der Waals surface area contributed by atoms with Crippen molar-refractivity contribution in [1.29, 1.82) is 0 Å². The minimum atomic E-state index is -5.20. The van der Waals surface area contributed by atoms with E-state index in [-0.39, 0.29) is 12.1 Å². The summed E-state index contributed by atoms with van der Waals surface area (Å²) >= 11 is 0. The van der Waals surface area contributed by atoms with Crippen molar-refractivity contribution in [1.82, 2.24) is 0 Å². The molecule has 94 valence electrons. The molecule has 0 spiro atoms. The average Bonchev–Trinajstić information content (AvgIpc) is 2.13. The molecule has 0 heterocycles. The first-order valence-electron chi connectivity index (χ1n) is 4.04. The lowest BCUT2D eigenvalue weighted by atomic mass is 10.0. The molecule has 0 aliphatic heterocycles. The van der Waals surface area contributed by atoms with Gasteiger partial charge >= 0.3 is 12.4 Å². The molecule has 0 aromatic heterocycles. The highest BCUT2D eigenvalue weighted by molar-refractivity contribution is 5.90. The Bertz CT molecular complexity index is 414. The molecule has 0 aliphatic rings. The lowest BCUT2D eigenvalue weighted by Crippen LogP contribution is -2.29. The molecule has 0 amide bonds. The summed E-state index contributed by atoms with van der Waals surface area (Å²) in [5.74, 6) is -2.52. The molecule has 1 aromatic carbocycles. The second kappa shape index (κ2) is 3.94. The van der Waals surface area contributed by atoms with Crippen LogP contribution in [0.2, 0.25) is 0 Å². The second-order valence-electron chi connectivity index (χ2n) is 3.01. The zero-order valence-electron chi connectivity index (χ0n) is 7.82. The maximum Gasteiger partial charge on any atom is 0.417 e. The van der Waals surface area contributed by atoms with Gasteiger partial charge in [-0.15, -0.1) is 0 Å². The molecule has 2 nitrogen and oxygen atoms in total. The topological polar surface area (TPSA) is 40.1 Å². The Morgan fingerprint density at radius 3 is 1.53 bits per heavy atom. The number of hydrogen-bond acceptors (Lipinski definition) is 2. The van der Waals surface area contributed by atoms with Gasteiger partial charge in [-0.25, -0.2) is 0 Å². The van der Waals surface area contributed by atoms with Crippen LogP contribution in [0.5, 0.6) is 0 Å². The Labute approximate surface area is 90.5 Å². The van der Waals surface area contributed by atoms with Crippen LogP contribution in [0, 0.1) is 0 Å². The number of benzene rings is 1. The Balaban J connectivity index is 3.61. The molecule has 0 unspecified atom stereocenters. The molecule has 0 fully saturated rings. The fourth-order valence-electron chi connectivity index (χ4n) is 1.24. The van der Waals surface area contributed by atoms with Gasteiger partial charge in [0.25, 0.3) is 0 Å². The first-order valence-corrected chi connectivity index (χ1v) is 4.04. The summed E-state index contributed by atoms with van der Waals surface area (Å²) in [6.07, 6.45) is -10.4. The van der Waals surface area contributed by atoms with Gasteiger partial charge in [0.05, 0.1) is 17.1 Å². The molecule has 0 radical (unpaired) electrons. The molecule has 1 aromatic rings. The van der Waals surface area contributed by atoms with Crippen LogP contribution < -0.4 is 5.11 Å². The number of carbonyl (C=O) groups is 1. The predicted octanol–water partition coefficient (Wildman–Crippen LogP) is 2.09. The molecule has 0 bridgehead atoms. The monoisotopic (exact) mass is 257 g/mol. The molecule has 0 aliphatic carbocycles. The van der Waals surface area contributed by atoms with Crippen LogP contribution >= 0.6 is 0 Å². The first kappa shape index (κ1) is 13.3. The van der Waals surface area contributed by atoms with Crippen molar-refractivity contribution in [2.45, 2.75) is 12.4 Å². The standard InChI is InChI=1S/C9H4F6O2/c10-8(11,12)4-2-1-3-5(9(13,14)15)6(4)7(16)17/h1-3H,(H,16,17)/p-1. The summed E-state index contributed by atoms with van der Waals surface area (Å²) < 4.78 is 73.9. The van der Waals surface area contributed by atoms with Gasteiger partial charge in [-0.05, 0) is 12.1 Å². The molecule has 8 heteroatoms. The van der Waals surface area contributed by atoms with E-state index in [9.17, 15) is 36.2 Å². The Morgan fingerprint density at radius 2 is 1.29 bits per heavy atom. The third-order valence-corrected chi connectivity index (χ3v) is 1.88. The van der Waals surface area contributed by atoms with Gasteiger partial charge < -0.3 is 9.90 Å². The van der Waals surface area contributed by atoms with E-state index in [0.717, 1.165) is 0 Å². The highest BCUT2D eigenvalue weighted by atomic mass is 19.4. The van der Waals surface area contributed by atoms with E-state index in [2.05, 4.69) is 0 Å². The smallest absolute Gasteiger partial charge is 0.417 e. The lowest BCUT2D eigenvalue weighted by Gasteiger charge is -2.18. The van der Waals surface area contributed by atoms with E-state index in [0.29, 0.717) is 6.07 Å². The van der Waals surface area contributed by atoms with Crippen LogP contribution in [0.15, 0.2) is 18.2 Å². The summed E-state index contributed by atoms with van der Waals surface area (Å²) in [5, 5.41) is 10.4. The van der Waals surface area contributed by atoms with Crippen molar-refractivity contribution < 1.29 is 36.2 Å². The minimum Gasteiger partial charge on any atom is -0.545 e. The summed E-state index contributed by atoms with van der Waals surface area (Å²) in [5.41, 5.74) is -5.66. The second-order valence-corrected chi connectivity index (χ2v) is 3.01. The number of aromatic carboxylic acids is 1. The van der Waals surface area contributed by atoms with Crippen molar-refractivity contribution in [3.8, 4) is 0 Å². The molecule has 0 N–H and O–H groups in total. The van der Waals surface area contributed by atoms with Gasteiger partial charge in [0.15, 0.2) is 0 Å². The van der Waals surface area contributed by atoms with Crippen molar-refractivity contribution in [2.24, 2.45) is 0 Å². The Hall–Kier alpha value is -1.73. The van der Waals surface area contributed by atoms with Crippen molar-refractivity contribution in [2.75, 3.05) is 0 Å². The molecular weight excluding hydrogens is 254 g/mol. The number of carbonyl (C=O) groups excluding carboxylic acids is 1. The van der Waals surface area contributed by atoms with Crippen molar-refractivity contribution in [3.05, 3.63) is 34.9 Å². The molecule has 17 heavy (non-hydrogen) atoms. The van der Waals surface area contributed by atoms with E-state index in [1.54, 1.807) is 0 Å². The van der Waals surface area contributed by atoms with Crippen LogP contribution in [0.4, 0.5) is 26.3 Å². The summed E-state index contributed by atoms with van der Waals surface area (Å²) in [4.78, 5) is 10.4. The van der Waals surface area contributed by atoms with Gasteiger partial charge in [0.2, 0.25) is 0 Å². The third-order valence-electron chi connectivity index (χ3n) is 1.88. The van der Waals surface area contributed by atoms with Crippen LogP contribution in [-0.4, -0.2) is 5.97 Å². The van der Waals surface area contributed by atoms with E-state index < -0.39 is 35.0 Å². The number of alkyl halides is 6. The fourth-order valence-corrected chi connectivity index (χ4v) is 1.24. The largest absolute Gasteiger partial charge is 0.545 e. The van der Waals surface area contributed by atoms with Crippen LogP contribution in [-0.2, 0) is 12.4 Å². The van der Waals surface area contributed by atoms with Crippen LogP contribution in [0.1, 0.15) is 21.5 Å². The highest BCUT2D eigenvalue weighted by Gasteiger charge is 2.40. The molecule has 0 atom stereocenters. The SMILES string of the molecule is O=C([O-])c1c(C(F)(F)F)cccc1C(F)(F)F.